The van der Waals surface area contributed by atoms with E-state index in [1.165, 1.54) is 23.9 Å². The average Bonchev–Trinajstić information content (AvgIpc) is 3.00. The Morgan fingerprint density at radius 2 is 2.22 bits per heavy atom. The van der Waals surface area contributed by atoms with Gasteiger partial charge in [0, 0.05) is 24.7 Å². The van der Waals surface area contributed by atoms with Gasteiger partial charge in [-0.05, 0) is 0 Å². The van der Waals surface area contributed by atoms with Gasteiger partial charge in [-0.15, -0.1) is 11.3 Å². The Hall–Kier alpha value is -2.22. The maximum Gasteiger partial charge on any atom is 0.356 e. The third-order valence-electron chi connectivity index (χ3n) is 2.17. The van der Waals surface area contributed by atoms with Gasteiger partial charge in [0.25, 0.3) is 5.91 Å². The molecule has 2 aromatic rings. The summed E-state index contributed by atoms with van der Waals surface area (Å²) in [5.74, 6) is -1.31. The molecule has 0 saturated heterocycles. The molecule has 0 unspecified atom stereocenters. The molecular formula is C10H10N4O3S. The lowest BCUT2D eigenvalue weighted by atomic mass is 10.4. The van der Waals surface area contributed by atoms with Crippen molar-refractivity contribution in [3.63, 3.8) is 0 Å². The lowest BCUT2D eigenvalue weighted by molar-refractivity contribution is 0.0690. The monoisotopic (exact) mass is 266 g/mol. The summed E-state index contributed by atoms with van der Waals surface area (Å²) in [6.07, 6.45) is 2.83. The molecule has 2 heterocycles. The molecule has 0 fully saturated rings. The number of aromatic carboxylic acids is 1. The van der Waals surface area contributed by atoms with Crippen LogP contribution in [-0.2, 0) is 6.54 Å². The fourth-order valence-electron chi connectivity index (χ4n) is 1.31. The molecule has 0 atom stereocenters. The van der Waals surface area contributed by atoms with Gasteiger partial charge in [0.15, 0.2) is 5.69 Å². The van der Waals surface area contributed by atoms with E-state index in [1.54, 1.807) is 15.5 Å². The minimum Gasteiger partial charge on any atom is -0.476 e. The van der Waals surface area contributed by atoms with Gasteiger partial charge in [-0.1, -0.05) is 0 Å². The second kappa shape index (κ2) is 5.41. The van der Waals surface area contributed by atoms with Crippen molar-refractivity contribution in [3.05, 3.63) is 34.8 Å². The molecule has 0 aliphatic carbocycles. The van der Waals surface area contributed by atoms with Crippen molar-refractivity contribution < 1.29 is 14.7 Å². The second-order valence-electron chi connectivity index (χ2n) is 3.43. The molecule has 2 rings (SSSR count). The van der Waals surface area contributed by atoms with Crippen LogP contribution in [0.15, 0.2) is 23.4 Å². The Balaban J connectivity index is 1.81. The maximum atomic E-state index is 11.5. The van der Waals surface area contributed by atoms with Gasteiger partial charge in [0.05, 0.1) is 11.8 Å². The first-order valence-corrected chi connectivity index (χ1v) is 6.02. The van der Waals surface area contributed by atoms with E-state index in [9.17, 15) is 9.59 Å². The number of aromatic nitrogens is 3. The van der Waals surface area contributed by atoms with Gasteiger partial charge in [-0.3, -0.25) is 4.79 Å². The molecule has 1 amide bonds. The molecule has 8 heteroatoms. The van der Waals surface area contributed by atoms with Gasteiger partial charge in [0.2, 0.25) is 0 Å². The van der Waals surface area contributed by atoms with Crippen LogP contribution >= 0.6 is 11.3 Å². The normalized spacial score (nSPS) is 10.2. The number of thiazole rings is 1. The maximum absolute atomic E-state index is 11.5. The summed E-state index contributed by atoms with van der Waals surface area (Å²) in [6, 6.07) is 0. The van der Waals surface area contributed by atoms with Gasteiger partial charge < -0.3 is 15.0 Å². The molecule has 0 spiro atoms. The lowest BCUT2D eigenvalue weighted by Crippen LogP contribution is -2.27. The third-order valence-corrected chi connectivity index (χ3v) is 2.76. The van der Waals surface area contributed by atoms with E-state index in [0.717, 1.165) is 0 Å². The number of hydrogen-bond acceptors (Lipinski definition) is 5. The Bertz CT molecular complexity index is 549. The molecule has 18 heavy (non-hydrogen) atoms. The predicted octanol–water partition coefficient (Wildman–Crippen LogP) is 0.468. The minimum atomic E-state index is -1.07. The van der Waals surface area contributed by atoms with Crippen molar-refractivity contribution in [1.29, 1.82) is 0 Å². The van der Waals surface area contributed by atoms with Crippen molar-refractivity contribution in [3.8, 4) is 0 Å². The standard InChI is InChI=1S/C10H10N4O3S/c15-9(8-4-18-6-13-8)11-1-2-14-3-7(10(16)17)12-5-14/h3-6H,1-2H2,(H,11,15)(H,16,17). The quantitative estimate of drug-likeness (QED) is 0.819. The molecule has 7 nitrogen and oxygen atoms in total. The van der Waals surface area contributed by atoms with Crippen molar-refractivity contribution in [2.24, 2.45) is 0 Å². The molecule has 0 aliphatic heterocycles. The zero-order valence-corrected chi connectivity index (χ0v) is 10.1. The number of hydrogen-bond donors (Lipinski definition) is 2. The first-order valence-electron chi connectivity index (χ1n) is 5.08. The van der Waals surface area contributed by atoms with E-state index in [0.29, 0.717) is 18.8 Å². The number of nitrogens with zero attached hydrogens (tertiary/aromatic N) is 3. The summed E-state index contributed by atoms with van der Waals surface area (Å²) >= 11 is 1.35. The molecule has 2 N–H and O–H groups in total. The molecule has 2 aromatic heterocycles. The van der Waals surface area contributed by atoms with Gasteiger partial charge in [-0.2, -0.15) is 0 Å². The van der Waals surface area contributed by atoms with Crippen LogP contribution in [0.1, 0.15) is 21.0 Å². The molecule has 0 radical (unpaired) electrons. The van der Waals surface area contributed by atoms with Crippen molar-refractivity contribution in [2.75, 3.05) is 6.54 Å². The lowest BCUT2D eigenvalue weighted by Gasteiger charge is -2.03. The zero-order chi connectivity index (χ0) is 13.0. The highest BCUT2D eigenvalue weighted by Crippen LogP contribution is 2.00. The van der Waals surface area contributed by atoms with Crippen LogP contribution in [0, 0.1) is 0 Å². The largest absolute Gasteiger partial charge is 0.476 e. The number of nitrogens with one attached hydrogen (secondary N) is 1. The number of carbonyl (C=O) groups excluding carboxylic acids is 1. The van der Waals surface area contributed by atoms with Crippen LogP contribution < -0.4 is 5.32 Å². The molecule has 0 aliphatic rings. The van der Waals surface area contributed by atoms with E-state index in [1.807, 2.05) is 0 Å². The van der Waals surface area contributed by atoms with E-state index >= 15 is 0 Å². The second-order valence-corrected chi connectivity index (χ2v) is 4.15. The van der Waals surface area contributed by atoms with E-state index < -0.39 is 5.97 Å². The topological polar surface area (TPSA) is 97.1 Å². The molecule has 94 valence electrons. The highest BCUT2D eigenvalue weighted by Gasteiger charge is 2.08. The van der Waals surface area contributed by atoms with Crippen LogP contribution in [0.25, 0.3) is 0 Å². The van der Waals surface area contributed by atoms with Crippen LogP contribution in [0.3, 0.4) is 0 Å². The SMILES string of the molecule is O=C(O)c1cn(CCNC(=O)c2cscn2)cn1. The van der Waals surface area contributed by atoms with E-state index in [-0.39, 0.29) is 11.6 Å². The molecular weight excluding hydrogens is 256 g/mol. The minimum absolute atomic E-state index is 0.0131. The fraction of sp³-hybridized carbons (Fsp3) is 0.200. The van der Waals surface area contributed by atoms with Gasteiger partial charge in [0.1, 0.15) is 5.69 Å². The first-order chi connectivity index (χ1) is 8.66. The van der Waals surface area contributed by atoms with Crippen molar-refractivity contribution >= 4 is 23.2 Å². The summed E-state index contributed by atoms with van der Waals surface area (Å²) in [5.41, 5.74) is 1.96. The highest BCUT2D eigenvalue weighted by atomic mass is 32.1. The van der Waals surface area contributed by atoms with Crippen LogP contribution in [0.2, 0.25) is 0 Å². The summed E-state index contributed by atoms with van der Waals surface area (Å²) in [6.45, 7) is 0.835. The van der Waals surface area contributed by atoms with Gasteiger partial charge in [-0.25, -0.2) is 14.8 Å². The van der Waals surface area contributed by atoms with E-state index in [2.05, 4.69) is 15.3 Å². The fourth-order valence-corrected chi connectivity index (χ4v) is 1.84. The summed E-state index contributed by atoms with van der Waals surface area (Å²) < 4.78 is 1.60. The zero-order valence-electron chi connectivity index (χ0n) is 9.24. The summed E-state index contributed by atoms with van der Waals surface area (Å²) in [7, 11) is 0. The first kappa shape index (κ1) is 12.2. The Morgan fingerprint density at radius 1 is 1.39 bits per heavy atom. The molecule has 0 bridgehead atoms. The highest BCUT2D eigenvalue weighted by molar-refractivity contribution is 7.07. The predicted molar refractivity (Wildman–Crippen MR) is 63.6 cm³/mol. The number of carboxylic acids is 1. The van der Waals surface area contributed by atoms with E-state index in [4.69, 9.17) is 5.11 Å². The third kappa shape index (κ3) is 2.92. The van der Waals surface area contributed by atoms with Crippen LogP contribution in [0.4, 0.5) is 0 Å². The van der Waals surface area contributed by atoms with Crippen LogP contribution in [0.5, 0.6) is 0 Å². The number of carbonyl (C=O) groups is 2. The summed E-state index contributed by atoms with van der Waals surface area (Å²) in [5, 5.41) is 13.0. The molecule has 0 saturated carbocycles. The van der Waals surface area contributed by atoms with Crippen LogP contribution in [-0.4, -0.2) is 38.1 Å². The number of rotatable bonds is 5. The summed E-state index contributed by atoms with van der Waals surface area (Å²) in [4.78, 5) is 29.7. The Kier molecular flexibility index (Phi) is 3.68. The number of amides is 1. The van der Waals surface area contributed by atoms with Crippen molar-refractivity contribution in [2.45, 2.75) is 6.54 Å². The van der Waals surface area contributed by atoms with Crippen molar-refractivity contribution in [1.82, 2.24) is 19.9 Å². The Labute approximate surface area is 106 Å². The smallest absolute Gasteiger partial charge is 0.356 e. The van der Waals surface area contributed by atoms with Gasteiger partial charge >= 0.3 is 5.97 Å². The molecule has 0 aromatic carbocycles. The number of carboxylic acid groups (broad SMARTS) is 1. The Morgan fingerprint density at radius 3 is 2.83 bits per heavy atom. The number of imidazole rings is 1. The average molecular weight is 266 g/mol.